The fourth-order valence-corrected chi connectivity index (χ4v) is 4.95. The normalized spacial score (nSPS) is 20.3. The topological polar surface area (TPSA) is 43.4 Å². The molecule has 29 heavy (non-hydrogen) atoms. The molecule has 0 saturated carbocycles. The number of hydrogen-bond donors (Lipinski definition) is 0. The zero-order chi connectivity index (χ0) is 20.0. The van der Waals surface area contributed by atoms with Gasteiger partial charge in [0.15, 0.2) is 11.6 Å². The maximum Gasteiger partial charge on any atom is 0.190 e. The van der Waals surface area contributed by atoms with Crippen molar-refractivity contribution in [2.24, 2.45) is 0 Å². The van der Waals surface area contributed by atoms with Crippen LogP contribution in [0.2, 0.25) is 0 Å². The van der Waals surface area contributed by atoms with E-state index in [1.165, 1.54) is 5.57 Å². The van der Waals surface area contributed by atoms with Gasteiger partial charge in [0.2, 0.25) is 0 Å². The summed E-state index contributed by atoms with van der Waals surface area (Å²) in [5.41, 5.74) is 6.74. The number of ether oxygens (including phenoxy) is 1. The number of benzene rings is 2. The minimum Gasteiger partial charge on any atom is -0.490 e. The molecular formula is C26H22O3. The highest BCUT2D eigenvalue weighted by atomic mass is 16.5. The van der Waals surface area contributed by atoms with Crippen molar-refractivity contribution in [2.75, 3.05) is 6.61 Å². The summed E-state index contributed by atoms with van der Waals surface area (Å²) in [6, 6.07) is 15.6. The molecule has 0 heterocycles. The first-order chi connectivity index (χ1) is 14.2. The van der Waals surface area contributed by atoms with Crippen LogP contribution in [0.4, 0.5) is 0 Å². The van der Waals surface area contributed by atoms with Gasteiger partial charge in [-0.1, -0.05) is 54.6 Å². The average molecular weight is 382 g/mol. The fourth-order valence-electron chi connectivity index (χ4n) is 4.95. The van der Waals surface area contributed by atoms with Crippen LogP contribution in [0.1, 0.15) is 53.1 Å². The van der Waals surface area contributed by atoms with Crippen molar-refractivity contribution in [3.8, 4) is 5.75 Å². The van der Waals surface area contributed by atoms with E-state index in [9.17, 15) is 9.59 Å². The molecule has 3 heteroatoms. The standard InChI is InChI=1S/C26H22O3/c1-2-14-29-18-12-10-16(11-13-18)24-23-17(6-5-9-22(23)27)15-21-19-7-3-4-8-20(19)26(28)25(21)24/h2-4,7-8,10-13,24H,1,5-6,9,14-15H2. The number of rotatable bonds is 4. The SMILES string of the molecule is C=CCOc1ccc(C2C3=C(CCCC3=O)CC3=C2C(=O)c2ccccc23)cc1. The van der Waals surface area contributed by atoms with Gasteiger partial charge in [-0.3, -0.25) is 9.59 Å². The van der Waals surface area contributed by atoms with Gasteiger partial charge >= 0.3 is 0 Å². The monoisotopic (exact) mass is 382 g/mol. The lowest BCUT2D eigenvalue weighted by atomic mass is 9.69. The summed E-state index contributed by atoms with van der Waals surface area (Å²) in [4.78, 5) is 26.3. The van der Waals surface area contributed by atoms with Crippen molar-refractivity contribution >= 4 is 17.1 Å². The van der Waals surface area contributed by atoms with E-state index in [1.54, 1.807) is 6.08 Å². The molecule has 0 saturated heterocycles. The smallest absolute Gasteiger partial charge is 0.190 e. The quantitative estimate of drug-likeness (QED) is 0.662. The summed E-state index contributed by atoms with van der Waals surface area (Å²) in [7, 11) is 0. The lowest BCUT2D eigenvalue weighted by molar-refractivity contribution is -0.116. The van der Waals surface area contributed by atoms with Gasteiger partial charge in [-0.05, 0) is 48.1 Å². The van der Waals surface area contributed by atoms with Crippen LogP contribution < -0.4 is 4.74 Å². The molecular weight excluding hydrogens is 360 g/mol. The summed E-state index contributed by atoms with van der Waals surface area (Å²) in [6.07, 6.45) is 4.83. The van der Waals surface area contributed by atoms with Gasteiger partial charge in [0, 0.05) is 29.0 Å². The molecule has 0 bridgehead atoms. The summed E-state index contributed by atoms with van der Waals surface area (Å²) < 4.78 is 5.61. The van der Waals surface area contributed by atoms with Gasteiger partial charge < -0.3 is 4.74 Å². The van der Waals surface area contributed by atoms with Gasteiger partial charge in [-0.25, -0.2) is 0 Å². The van der Waals surface area contributed by atoms with Crippen LogP contribution in [0, 0.1) is 0 Å². The summed E-state index contributed by atoms with van der Waals surface area (Å²) in [5.74, 6) is 0.731. The lowest BCUT2D eigenvalue weighted by Gasteiger charge is -2.32. The van der Waals surface area contributed by atoms with E-state index in [1.807, 2.05) is 48.5 Å². The number of ketones is 2. The maximum atomic E-state index is 13.4. The number of allylic oxidation sites excluding steroid dienone is 4. The van der Waals surface area contributed by atoms with Crippen LogP contribution in [0.5, 0.6) is 5.75 Å². The second-order valence-corrected chi connectivity index (χ2v) is 7.84. The van der Waals surface area contributed by atoms with E-state index in [-0.39, 0.29) is 17.5 Å². The van der Waals surface area contributed by atoms with Gasteiger partial charge in [-0.2, -0.15) is 0 Å². The van der Waals surface area contributed by atoms with Crippen molar-refractivity contribution < 1.29 is 14.3 Å². The van der Waals surface area contributed by atoms with Gasteiger partial charge in [-0.15, -0.1) is 0 Å². The second kappa shape index (κ2) is 7.00. The molecule has 1 unspecified atom stereocenters. The molecule has 1 atom stereocenters. The zero-order valence-electron chi connectivity index (χ0n) is 16.2. The molecule has 0 aromatic heterocycles. The summed E-state index contributed by atoms with van der Waals surface area (Å²) >= 11 is 0. The Morgan fingerprint density at radius 1 is 0.966 bits per heavy atom. The predicted molar refractivity (Wildman–Crippen MR) is 113 cm³/mol. The van der Waals surface area contributed by atoms with E-state index >= 15 is 0 Å². The summed E-state index contributed by atoms with van der Waals surface area (Å²) in [5, 5.41) is 0. The van der Waals surface area contributed by atoms with Crippen molar-refractivity contribution in [1.29, 1.82) is 0 Å². The number of Topliss-reactive ketones (excluding diaryl/α,β-unsaturated/α-hetero) is 2. The largest absolute Gasteiger partial charge is 0.490 e. The van der Waals surface area contributed by atoms with Crippen LogP contribution >= 0.6 is 0 Å². The van der Waals surface area contributed by atoms with Gasteiger partial charge in [0.25, 0.3) is 0 Å². The van der Waals surface area contributed by atoms with Gasteiger partial charge in [0.05, 0.1) is 0 Å². The minimum atomic E-state index is -0.282. The van der Waals surface area contributed by atoms with Gasteiger partial charge in [0.1, 0.15) is 12.4 Å². The molecule has 3 aliphatic rings. The Kier molecular flexibility index (Phi) is 4.31. The zero-order valence-corrected chi connectivity index (χ0v) is 16.2. The molecule has 0 aliphatic heterocycles. The average Bonchev–Trinajstić information content (AvgIpc) is 3.04. The van der Waals surface area contributed by atoms with E-state index in [0.29, 0.717) is 13.0 Å². The van der Waals surface area contributed by atoms with Crippen LogP contribution in [-0.2, 0) is 4.79 Å². The third-order valence-corrected chi connectivity index (χ3v) is 6.18. The molecule has 0 N–H and O–H groups in total. The molecule has 0 amide bonds. The fraction of sp³-hybridized carbons (Fsp3) is 0.231. The van der Waals surface area contributed by atoms with E-state index in [0.717, 1.165) is 58.4 Å². The van der Waals surface area contributed by atoms with Crippen molar-refractivity contribution in [2.45, 2.75) is 31.6 Å². The molecule has 0 fully saturated rings. The first-order valence-electron chi connectivity index (χ1n) is 10.1. The Bertz CT molecular complexity index is 1100. The van der Waals surface area contributed by atoms with E-state index < -0.39 is 0 Å². The van der Waals surface area contributed by atoms with Crippen LogP contribution in [0.15, 0.2) is 77.9 Å². The van der Waals surface area contributed by atoms with Crippen molar-refractivity contribution in [1.82, 2.24) is 0 Å². The Morgan fingerprint density at radius 3 is 2.48 bits per heavy atom. The number of carbonyl (C=O) groups excluding carboxylic acids is 2. The highest BCUT2D eigenvalue weighted by molar-refractivity contribution is 6.23. The Balaban J connectivity index is 1.64. The molecule has 2 aromatic rings. The Labute approximate surface area is 170 Å². The maximum absolute atomic E-state index is 13.4. The molecule has 3 aliphatic carbocycles. The van der Waals surface area contributed by atoms with Crippen LogP contribution in [0.25, 0.3) is 5.57 Å². The second-order valence-electron chi connectivity index (χ2n) is 7.84. The molecule has 2 aromatic carbocycles. The predicted octanol–water partition coefficient (Wildman–Crippen LogP) is 5.44. The number of fused-ring (bicyclic) bond motifs is 2. The van der Waals surface area contributed by atoms with Crippen LogP contribution in [0.3, 0.4) is 0 Å². The van der Waals surface area contributed by atoms with E-state index in [2.05, 4.69) is 6.58 Å². The number of carbonyl (C=O) groups is 2. The first-order valence-corrected chi connectivity index (χ1v) is 10.1. The van der Waals surface area contributed by atoms with Crippen LogP contribution in [-0.4, -0.2) is 18.2 Å². The Hall–Kier alpha value is -3.20. The minimum absolute atomic E-state index is 0.0671. The lowest BCUT2D eigenvalue weighted by Crippen LogP contribution is -2.25. The van der Waals surface area contributed by atoms with Crippen molar-refractivity contribution in [3.63, 3.8) is 0 Å². The molecule has 3 nitrogen and oxygen atoms in total. The highest BCUT2D eigenvalue weighted by Gasteiger charge is 2.43. The Morgan fingerprint density at radius 2 is 1.72 bits per heavy atom. The number of hydrogen-bond acceptors (Lipinski definition) is 3. The first kappa shape index (κ1) is 17.9. The molecule has 0 radical (unpaired) electrons. The molecule has 0 spiro atoms. The third kappa shape index (κ3) is 2.80. The van der Waals surface area contributed by atoms with E-state index in [4.69, 9.17) is 4.74 Å². The molecule has 144 valence electrons. The third-order valence-electron chi connectivity index (χ3n) is 6.18. The van der Waals surface area contributed by atoms with Crippen molar-refractivity contribution in [3.05, 3.63) is 94.6 Å². The molecule has 5 rings (SSSR count). The highest BCUT2D eigenvalue weighted by Crippen LogP contribution is 2.52. The summed E-state index contributed by atoms with van der Waals surface area (Å²) in [6.45, 7) is 4.12.